The van der Waals surface area contributed by atoms with E-state index in [1.54, 1.807) is 0 Å². The van der Waals surface area contributed by atoms with Crippen LogP contribution in [0.15, 0.2) is 24.3 Å². The molecule has 0 unspecified atom stereocenters. The average molecular weight is 227 g/mol. The van der Waals surface area contributed by atoms with Crippen molar-refractivity contribution in [1.29, 1.82) is 0 Å². The molecular formula is C11H14FNO3. The molecule has 0 radical (unpaired) electrons. The Kier molecular flexibility index (Phi) is 4.88. The summed E-state index contributed by atoms with van der Waals surface area (Å²) in [4.78, 5) is 11.4. The first-order valence-corrected chi connectivity index (χ1v) is 4.91. The van der Waals surface area contributed by atoms with Crippen molar-refractivity contribution in [3.63, 3.8) is 0 Å². The molecule has 1 aromatic rings. The van der Waals surface area contributed by atoms with Crippen LogP contribution in [0.4, 0.5) is 4.39 Å². The fraction of sp³-hybridized carbons (Fsp3) is 0.364. The molecule has 0 aromatic heterocycles. The van der Waals surface area contributed by atoms with E-state index < -0.39 is 6.04 Å². The van der Waals surface area contributed by atoms with Crippen molar-refractivity contribution in [2.75, 3.05) is 13.2 Å². The van der Waals surface area contributed by atoms with Gasteiger partial charge in [-0.1, -0.05) is 12.1 Å². The van der Waals surface area contributed by atoms with Crippen molar-refractivity contribution < 1.29 is 19.4 Å². The Morgan fingerprint density at radius 1 is 1.25 bits per heavy atom. The maximum Gasteiger partial charge on any atom is 0.224 e. The molecular weight excluding hydrogens is 213 g/mol. The minimum atomic E-state index is -0.645. The van der Waals surface area contributed by atoms with Crippen LogP contribution in [0.25, 0.3) is 0 Å². The molecule has 3 N–H and O–H groups in total. The molecule has 0 aliphatic rings. The Bertz CT molecular complexity index is 336. The van der Waals surface area contributed by atoms with Gasteiger partial charge in [-0.25, -0.2) is 4.39 Å². The molecule has 0 fully saturated rings. The van der Waals surface area contributed by atoms with E-state index in [0.717, 1.165) is 0 Å². The smallest absolute Gasteiger partial charge is 0.224 e. The van der Waals surface area contributed by atoms with Crippen molar-refractivity contribution in [2.45, 2.75) is 12.5 Å². The van der Waals surface area contributed by atoms with E-state index in [-0.39, 0.29) is 31.4 Å². The zero-order valence-electron chi connectivity index (χ0n) is 8.69. The molecule has 0 bridgehead atoms. The topological polar surface area (TPSA) is 69.6 Å². The number of amides is 1. The summed E-state index contributed by atoms with van der Waals surface area (Å²) in [5.74, 6) is -0.674. The highest BCUT2D eigenvalue weighted by Crippen LogP contribution is 2.03. The van der Waals surface area contributed by atoms with Crippen LogP contribution < -0.4 is 5.32 Å². The monoisotopic (exact) mass is 227 g/mol. The first-order chi connectivity index (χ1) is 7.65. The third-order valence-corrected chi connectivity index (χ3v) is 2.08. The lowest BCUT2D eigenvalue weighted by molar-refractivity contribution is -0.121. The maximum atomic E-state index is 12.6. The summed E-state index contributed by atoms with van der Waals surface area (Å²) in [6.07, 6.45) is 0.0940. The maximum absolute atomic E-state index is 12.6. The van der Waals surface area contributed by atoms with Crippen molar-refractivity contribution in [1.82, 2.24) is 5.32 Å². The standard InChI is InChI=1S/C11H14FNO3/c12-9-3-1-8(2-4-9)5-11(16)13-10(6-14)7-15/h1-4,10,14-15H,5-7H2,(H,13,16). The lowest BCUT2D eigenvalue weighted by atomic mass is 10.1. The average Bonchev–Trinajstić information content (AvgIpc) is 2.29. The summed E-state index contributed by atoms with van der Waals surface area (Å²) in [7, 11) is 0. The summed E-state index contributed by atoms with van der Waals surface area (Å²) < 4.78 is 12.6. The van der Waals surface area contributed by atoms with Crippen molar-refractivity contribution in [3.05, 3.63) is 35.6 Å². The molecule has 1 rings (SSSR count). The van der Waals surface area contributed by atoms with Gasteiger partial charge < -0.3 is 15.5 Å². The van der Waals surface area contributed by atoms with Gasteiger partial charge in [-0.3, -0.25) is 4.79 Å². The van der Waals surface area contributed by atoms with Crippen molar-refractivity contribution in [2.24, 2.45) is 0 Å². The zero-order chi connectivity index (χ0) is 12.0. The second kappa shape index (κ2) is 6.19. The predicted octanol–water partition coefficient (Wildman–Crippen LogP) is -0.162. The third kappa shape index (κ3) is 3.96. The van der Waals surface area contributed by atoms with E-state index in [2.05, 4.69) is 5.32 Å². The number of nitrogens with one attached hydrogen (secondary N) is 1. The largest absolute Gasteiger partial charge is 0.394 e. The van der Waals surface area contributed by atoms with Crippen LogP contribution >= 0.6 is 0 Å². The number of benzene rings is 1. The molecule has 0 aliphatic carbocycles. The highest BCUT2D eigenvalue weighted by atomic mass is 19.1. The number of aliphatic hydroxyl groups excluding tert-OH is 2. The number of carbonyl (C=O) groups is 1. The minimum absolute atomic E-state index is 0.0940. The second-order valence-corrected chi connectivity index (χ2v) is 3.43. The number of hydrogen-bond acceptors (Lipinski definition) is 3. The summed E-state index contributed by atoms with van der Waals surface area (Å²) in [6, 6.07) is 4.94. The van der Waals surface area contributed by atoms with Crippen LogP contribution in [0.2, 0.25) is 0 Å². The number of hydrogen-bond donors (Lipinski definition) is 3. The van der Waals surface area contributed by atoms with E-state index in [1.807, 2.05) is 0 Å². The molecule has 5 heteroatoms. The van der Waals surface area contributed by atoms with E-state index in [4.69, 9.17) is 10.2 Å². The second-order valence-electron chi connectivity index (χ2n) is 3.43. The number of aliphatic hydroxyl groups is 2. The van der Waals surface area contributed by atoms with E-state index in [0.29, 0.717) is 5.56 Å². The number of rotatable bonds is 5. The Labute approximate surface area is 92.7 Å². The van der Waals surface area contributed by atoms with Gasteiger partial charge >= 0.3 is 0 Å². The molecule has 0 aliphatic heterocycles. The Balaban J connectivity index is 2.48. The molecule has 1 amide bonds. The summed E-state index contributed by atoms with van der Waals surface area (Å²) in [5.41, 5.74) is 0.675. The highest BCUT2D eigenvalue weighted by Gasteiger charge is 2.10. The molecule has 4 nitrogen and oxygen atoms in total. The van der Waals surface area contributed by atoms with Gasteiger partial charge in [-0.2, -0.15) is 0 Å². The molecule has 0 atom stereocenters. The van der Waals surface area contributed by atoms with Crippen LogP contribution in [-0.4, -0.2) is 35.4 Å². The van der Waals surface area contributed by atoms with Gasteiger partial charge in [0, 0.05) is 0 Å². The van der Waals surface area contributed by atoms with Gasteiger partial charge in [-0.05, 0) is 17.7 Å². The summed E-state index contributed by atoms with van der Waals surface area (Å²) in [5, 5.41) is 20.0. The molecule has 0 saturated carbocycles. The van der Waals surface area contributed by atoms with Crippen LogP contribution in [-0.2, 0) is 11.2 Å². The van der Waals surface area contributed by atoms with Gasteiger partial charge in [0.15, 0.2) is 0 Å². The van der Waals surface area contributed by atoms with Gasteiger partial charge in [0.25, 0.3) is 0 Å². The first kappa shape index (κ1) is 12.6. The SMILES string of the molecule is O=C(Cc1ccc(F)cc1)NC(CO)CO. The fourth-order valence-electron chi connectivity index (χ4n) is 1.22. The minimum Gasteiger partial charge on any atom is -0.394 e. The molecule has 0 heterocycles. The third-order valence-electron chi connectivity index (χ3n) is 2.08. The van der Waals surface area contributed by atoms with Crippen LogP contribution in [0.5, 0.6) is 0 Å². The van der Waals surface area contributed by atoms with Crippen molar-refractivity contribution >= 4 is 5.91 Å². The van der Waals surface area contributed by atoms with E-state index >= 15 is 0 Å². The van der Waals surface area contributed by atoms with Crippen LogP contribution in [0, 0.1) is 5.82 Å². The van der Waals surface area contributed by atoms with Gasteiger partial charge in [-0.15, -0.1) is 0 Å². The fourth-order valence-corrected chi connectivity index (χ4v) is 1.22. The lowest BCUT2D eigenvalue weighted by Crippen LogP contribution is -2.40. The first-order valence-electron chi connectivity index (χ1n) is 4.91. The predicted molar refractivity (Wildman–Crippen MR) is 56.2 cm³/mol. The number of carbonyl (C=O) groups excluding carboxylic acids is 1. The quantitative estimate of drug-likeness (QED) is 0.654. The van der Waals surface area contributed by atoms with Crippen molar-refractivity contribution in [3.8, 4) is 0 Å². The van der Waals surface area contributed by atoms with Crippen LogP contribution in [0.1, 0.15) is 5.56 Å². The summed E-state index contributed by atoms with van der Waals surface area (Å²) >= 11 is 0. The van der Waals surface area contributed by atoms with Crippen LogP contribution in [0.3, 0.4) is 0 Å². The summed E-state index contributed by atoms with van der Waals surface area (Å²) in [6.45, 7) is -0.628. The Morgan fingerprint density at radius 2 is 1.81 bits per heavy atom. The highest BCUT2D eigenvalue weighted by molar-refractivity contribution is 5.78. The molecule has 1 aromatic carbocycles. The van der Waals surface area contributed by atoms with Gasteiger partial charge in [0.05, 0.1) is 25.7 Å². The van der Waals surface area contributed by atoms with E-state index in [1.165, 1.54) is 24.3 Å². The Hall–Kier alpha value is -1.46. The van der Waals surface area contributed by atoms with E-state index in [9.17, 15) is 9.18 Å². The lowest BCUT2D eigenvalue weighted by Gasteiger charge is -2.13. The zero-order valence-corrected chi connectivity index (χ0v) is 8.69. The Morgan fingerprint density at radius 3 is 2.31 bits per heavy atom. The van der Waals surface area contributed by atoms with Gasteiger partial charge in [0.1, 0.15) is 5.82 Å². The van der Waals surface area contributed by atoms with Gasteiger partial charge in [0.2, 0.25) is 5.91 Å². The number of halogens is 1. The molecule has 0 saturated heterocycles. The normalized spacial score (nSPS) is 10.5. The molecule has 16 heavy (non-hydrogen) atoms. The molecule has 88 valence electrons. The molecule has 0 spiro atoms.